The second-order valence-corrected chi connectivity index (χ2v) is 5.58. The molecule has 3 rings (SSSR count). The molecular weight excluding hydrogens is 262 g/mol. The van der Waals surface area contributed by atoms with Crippen molar-refractivity contribution in [2.24, 2.45) is 7.05 Å². The molecule has 0 bridgehead atoms. The predicted molar refractivity (Wildman–Crippen MR) is 84.2 cm³/mol. The highest BCUT2D eigenvalue weighted by molar-refractivity contribution is 5.94. The summed E-state index contributed by atoms with van der Waals surface area (Å²) < 4.78 is 1.99. The quantitative estimate of drug-likeness (QED) is 0.916. The molecule has 0 aliphatic carbocycles. The largest absolute Gasteiger partial charge is 0.340 e. The molecule has 4 nitrogen and oxygen atoms in total. The number of hydrogen-bond acceptors (Lipinski definition) is 2. The number of amides is 1. The maximum atomic E-state index is 12.8. The van der Waals surface area contributed by atoms with Gasteiger partial charge in [0.2, 0.25) is 0 Å². The van der Waals surface area contributed by atoms with Crippen LogP contribution in [0.15, 0.2) is 42.5 Å². The fraction of sp³-hybridized carbons (Fsp3) is 0.353. The summed E-state index contributed by atoms with van der Waals surface area (Å²) in [6, 6.07) is 14.4. The van der Waals surface area contributed by atoms with Crippen LogP contribution in [-0.4, -0.2) is 41.1 Å². The van der Waals surface area contributed by atoms with Crippen molar-refractivity contribution < 1.29 is 4.79 Å². The molecule has 1 saturated heterocycles. The van der Waals surface area contributed by atoms with Crippen LogP contribution in [0.1, 0.15) is 17.4 Å². The minimum atomic E-state index is 0.119. The summed E-state index contributed by atoms with van der Waals surface area (Å²) in [5, 5.41) is 3.32. The molecule has 110 valence electrons. The lowest BCUT2D eigenvalue weighted by Gasteiger charge is -2.34. The van der Waals surface area contributed by atoms with Crippen LogP contribution >= 0.6 is 0 Å². The van der Waals surface area contributed by atoms with Crippen LogP contribution in [0.4, 0.5) is 0 Å². The van der Waals surface area contributed by atoms with Crippen molar-refractivity contribution >= 4 is 5.91 Å². The topological polar surface area (TPSA) is 37.3 Å². The van der Waals surface area contributed by atoms with Crippen LogP contribution in [0.25, 0.3) is 11.3 Å². The molecule has 1 atom stereocenters. The molecular formula is C17H21N3O. The molecule has 1 aliphatic heterocycles. The lowest BCUT2D eigenvalue weighted by Crippen LogP contribution is -2.52. The zero-order chi connectivity index (χ0) is 14.8. The summed E-state index contributed by atoms with van der Waals surface area (Å²) in [7, 11) is 1.96. The summed E-state index contributed by atoms with van der Waals surface area (Å²) in [5.41, 5.74) is 2.96. The Labute approximate surface area is 125 Å². The van der Waals surface area contributed by atoms with Crippen LogP contribution in [-0.2, 0) is 7.05 Å². The smallest absolute Gasteiger partial charge is 0.270 e. The van der Waals surface area contributed by atoms with Crippen LogP contribution in [0, 0.1) is 0 Å². The first-order chi connectivity index (χ1) is 10.2. The van der Waals surface area contributed by atoms with Gasteiger partial charge < -0.3 is 14.8 Å². The Morgan fingerprint density at radius 3 is 2.67 bits per heavy atom. The molecule has 1 amide bonds. The maximum Gasteiger partial charge on any atom is 0.270 e. The van der Waals surface area contributed by atoms with Crippen LogP contribution in [0.3, 0.4) is 0 Å². The van der Waals surface area contributed by atoms with E-state index in [-0.39, 0.29) is 11.9 Å². The van der Waals surface area contributed by atoms with E-state index in [2.05, 4.69) is 24.4 Å². The van der Waals surface area contributed by atoms with Crippen molar-refractivity contribution in [2.45, 2.75) is 13.0 Å². The lowest BCUT2D eigenvalue weighted by molar-refractivity contribution is 0.0646. The minimum absolute atomic E-state index is 0.119. The number of aromatic nitrogens is 1. The standard InChI is InChI=1S/C17H21N3O/c1-13-12-18-10-11-20(13)17(21)16-9-8-15(19(16)2)14-6-4-3-5-7-14/h3-9,13,18H,10-12H2,1-2H3/t13-/m0/s1. The Balaban J connectivity index is 1.90. The van der Waals surface area contributed by atoms with Crippen molar-refractivity contribution in [3.05, 3.63) is 48.2 Å². The SMILES string of the molecule is C[C@H]1CNCCN1C(=O)c1ccc(-c2ccccc2)n1C. The van der Waals surface area contributed by atoms with E-state index in [0.29, 0.717) is 0 Å². The molecule has 4 heteroatoms. The highest BCUT2D eigenvalue weighted by Crippen LogP contribution is 2.22. The molecule has 0 saturated carbocycles. The van der Waals surface area contributed by atoms with Gasteiger partial charge in [0.1, 0.15) is 5.69 Å². The highest BCUT2D eigenvalue weighted by Gasteiger charge is 2.26. The van der Waals surface area contributed by atoms with E-state index in [4.69, 9.17) is 0 Å². The summed E-state index contributed by atoms with van der Waals surface area (Å²) in [5.74, 6) is 0.119. The van der Waals surface area contributed by atoms with Gasteiger partial charge in [0.05, 0.1) is 0 Å². The molecule has 1 aromatic carbocycles. The molecule has 21 heavy (non-hydrogen) atoms. The first-order valence-corrected chi connectivity index (χ1v) is 7.41. The lowest BCUT2D eigenvalue weighted by atomic mass is 10.2. The van der Waals surface area contributed by atoms with E-state index >= 15 is 0 Å². The fourth-order valence-corrected chi connectivity index (χ4v) is 2.91. The van der Waals surface area contributed by atoms with Crippen molar-refractivity contribution in [3.8, 4) is 11.3 Å². The summed E-state index contributed by atoms with van der Waals surface area (Å²) in [6.45, 7) is 4.59. The Kier molecular flexibility index (Phi) is 3.80. The molecule has 0 unspecified atom stereocenters. The number of benzene rings is 1. The predicted octanol–water partition coefficient (Wildman–Crippen LogP) is 2.13. The van der Waals surface area contributed by atoms with Gasteiger partial charge in [-0.1, -0.05) is 30.3 Å². The molecule has 2 heterocycles. The average Bonchev–Trinajstić information content (AvgIpc) is 2.90. The van der Waals surface area contributed by atoms with Gasteiger partial charge in [0.15, 0.2) is 0 Å². The zero-order valence-corrected chi connectivity index (χ0v) is 12.5. The number of nitrogens with one attached hydrogen (secondary N) is 1. The van der Waals surface area contributed by atoms with E-state index in [9.17, 15) is 4.79 Å². The monoisotopic (exact) mass is 283 g/mol. The number of rotatable bonds is 2. The maximum absolute atomic E-state index is 12.8. The molecule has 0 radical (unpaired) electrons. The van der Waals surface area contributed by atoms with Gasteiger partial charge in [0, 0.05) is 38.4 Å². The van der Waals surface area contributed by atoms with Crippen LogP contribution in [0.5, 0.6) is 0 Å². The van der Waals surface area contributed by atoms with E-state index in [1.807, 2.05) is 46.8 Å². The van der Waals surface area contributed by atoms with Gasteiger partial charge in [-0.15, -0.1) is 0 Å². The van der Waals surface area contributed by atoms with Gasteiger partial charge in [0.25, 0.3) is 5.91 Å². The first kappa shape index (κ1) is 13.9. The molecule has 1 N–H and O–H groups in total. The number of carbonyl (C=O) groups is 1. The Morgan fingerprint density at radius 1 is 1.19 bits per heavy atom. The van der Waals surface area contributed by atoms with Crippen molar-refractivity contribution in [1.82, 2.24) is 14.8 Å². The summed E-state index contributed by atoms with van der Waals surface area (Å²) >= 11 is 0. The summed E-state index contributed by atoms with van der Waals surface area (Å²) in [6.07, 6.45) is 0. The highest BCUT2D eigenvalue weighted by atomic mass is 16.2. The van der Waals surface area contributed by atoms with E-state index in [1.54, 1.807) is 0 Å². The van der Waals surface area contributed by atoms with E-state index in [0.717, 1.165) is 36.6 Å². The second-order valence-electron chi connectivity index (χ2n) is 5.58. The Bertz CT molecular complexity index is 633. The molecule has 0 spiro atoms. The van der Waals surface area contributed by atoms with Crippen molar-refractivity contribution in [3.63, 3.8) is 0 Å². The molecule has 2 aromatic rings. The fourth-order valence-electron chi connectivity index (χ4n) is 2.91. The average molecular weight is 283 g/mol. The van der Waals surface area contributed by atoms with Crippen molar-refractivity contribution in [1.29, 1.82) is 0 Å². The molecule has 1 aliphatic rings. The third-order valence-electron chi connectivity index (χ3n) is 4.17. The number of carbonyl (C=O) groups excluding carboxylic acids is 1. The Hall–Kier alpha value is -2.07. The number of hydrogen-bond donors (Lipinski definition) is 1. The van der Waals surface area contributed by atoms with Gasteiger partial charge in [-0.3, -0.25) is 4.79 Å². The van der Waals surface area contributed by atoms with Gasteiger partial charge in [-0.2, -0.15) is 0 Å². The van der Waals surface area contributed by atoms with E-state index in [1.165, 1.54) is 0 Å². The summed E-state index contributed by atoms with van der Waals surface area (Å²) in [4.78, 5) is 14.7. The third-order valence-corrected chi connectivity index (χ3v) is 4.17. The first-order valence-electron chi connectivity index (χ1n) is 7.41. The Morgan fingerprint density at radius 2 is 1.95 bits per heavy atom. The van der Waals surface area contributed by atoms with Crippen LogP contribution in [0.2, 0.25) is 0 Å². The van der Waals surface area contributed by atoms with E-state index < -0.39 is 0 Å². The van der Waals surface area contributed by atoms with Crippen LogP contribution < -0.4 is 5.32 Å². The second kappa shape index (κ2) is 5.74. The van der Waals surface area contributed by atoms with Crippen molar-refractivity contribution in [2.75, 3.05) is 19.6 Å². The van der Waals surface area contributed by atoms with Gasteiger partial charge in [-0.25, -0.2) is 0 Å². The van der Waals surface area contributed by atoms with Gasteiger partial charge >= 0.3 is 0 Å². The number of piperazine rings is 1. The van der Waals surface area contributed by atoms with Gasteiger partial charge in [-0.05, 0) is 24.6 Å². The zero-order valence-electron chi connectivity index (χ0n) is 12.5. The number of nitrogens with zero attached hydrogens (tertiary/aromatic N) is 2. The normalized spacial score (nSPS) is 18.8. The molecule has 1 fully saturated rings. The minimum Gasteiger partial charge on any atom is -0.340 e. The third kappa shape index (κ3) is 2.59. The molecule has 1 aromatic heterocycles.